The van der Waals surface area contributed by atoms with Crippen molar-refractivity contribution in [3.05, 3.63) is 65.8 Å². The molecule has 5 nitrogen and oxygen atoms in total. The summed E-state index contributed by atoms with van der Waals surface area (Å²) in [6.45, 7) is 1.33. The highest BCUT2D eigenvalue weighted by molar-refractivity contribution is 5.93. The van der Waals surface area contributed by atoms with Crippen LogP contribution in [0.3, 0.4) is 0 Å². The number of pyridine rings is 2. The number of rotatable bonds is 7. The van der Waals surface area contributed by atoms with Gasteiger partial charge in [-0.05, 0) is 55.9 Å². The number of carbonyl (C=O) groups is 1. The monoisotopic (exact) mass is 336 g/mol. The lowest BCUT2D eigenvalue weighted by Crippen LogP contribution is -2.25. The minimum absolute atomic E-state index is 0.124. The molecule has 1 aliphatic carbocycles. The molecule has 0 bridgehead atoms. The average molecular weight is 336 g/mol. The fraction of sp³-hybridized carbons (Fsp3) is 0.350. The molecule has 0 aliphatic heterocycles. The minimum atomic E-state index is -0.124. The number of aromatic nitrogens is 2. The molecule has 0 unspecified atom stereocenters. The normalized spacial score (nSPS) is 13.8. The van der Waals surface area contributed by atoms with Crippen molar-refractivity contribution in [1.82, 2.24) is 15.3 Å². The van der Waals surface area contributed by atoms with Crippen LogP contribution in [0.15, 0.2) is 54.5 Å². The van der Waals surface area contributed by atoms with Crippen molar-refractivity contribution < 1.29 is 4.79 Å². The third-order valence-electron chi connectivity index (χ3n) is 4.33. The largest absolute Gasteiger partial charge is 0.381 e. The quantitative estimate of drug-likeness (QED) is 0.757. The Morgan fingerprint density at radius 3 is 2.96 bits per heavy atom. The molecular weight excluding hydrogens is 312 g/mol. The zero-order chi connectivity index (χ0) is 17.3. The van der Waals surface area contributed by atoms with Gasteiger partial charge in [0.15, 0.2) is 0 Å². The first kappa shape index (κ1) is 17.1. The van der Waals surface area contributed by atoms with Crippen molar-refractivity contribution >= 4 is 11.6 Å². The van der Waals surface area contributed by atoms with Gasteiger partial charge in [-0.25, -0.2) is 0 Å². The Balaban J connectivity index is 1.49. The van der Waals surface area contributed by atoms with Gasteiger partial charge in [-0.2, -0.15) is 0 Å². The predicted molar refractivity (Wildman–Crippen MR) is 99.3 cm³/mol. The van der Waals surface area contributed by atoms with E-state index in [-0.39, 0.29) is 5.91 Å². The van der Waals surface area contributed by atoms with E-state index in [1.54, 1.807) is 18.5 Å². The summed E-state index contributed by atoms with van der Waals surface area (Å²) < 4.78 is 0. The number of carbonyl (C=O) groups excluding carboxylic acids is 1. The fourth-order valence-electron chi connectivity index (χ4n) is 2.93. The standard InChI is InChI=1S/C20H24N4O/c25-20(23-11-8-16-5-2-1-3-6-16)19-13-18(9-12-22-19)24-15-17-7-4-10-21-14-17/h4-5,7,9-10,12-14H,1-3,6,8,11,15H2,(H,22,24)(H,23,25). The van der Waals surface area contributed by atoms with Gasteiger partial charge in [-0.1, -0.05) is 17.7 Å². The molecule has 0 saturated carbocycles. The number of amides is 1. The van der Waals surface area contributed by atoms with Crippen LogP contribution in [0, 0.1) is 0 Å². The summed E-state index contributed by atoms with van der Waals surface area (Å²) in [5, 5.41) is 6.26. The molecule has 0 fully saturated rings. The number of nitrogens with one attached hydrogen (secondary N) is 2. The van der Waals surface area contributed by atoms with E-state index in [4.69, 9.17) is 0 Å². The molecule has 1 aliphatic rings. The topological polar surface area (TPSA) is 66.9 Å². The molecule has 2 N–H and O–H groups in total. The van der Waals surface area contributed by atoms with E-state index in [2.05, 4.69) is 26.7 Å². The minimum Gasteiger partial charge on any atom is -0.381 e. The van der Waals surface area contributed by atoms with Gasteiger partial charge in [0.1, 0.15) is 5.69 Å². The molecule has 25 heavy (non-hydrogen) atoms. The van der Waals surface area contributed by atoms with E-state index in [1.165, 1.54) is 31.3 Å². The summed E-state index contributed by atoms with van der Waals surface area (Å²) in [6, 6.07) is 7.56. The van der Waals surface area contributed by atoms with E-state index < -0.39 is 0 Å². The van der Waals surface area contributed by atoms with Gasteiger partial charge < -0.3 is 10.6 Å². The van der Waals surface area contributed by atoms with E-state index >= 15 is 0 Å². The van der Waals surface area contributed by atoms with Crippen molar-refractivity contribution in [2.75, 3.05) is 11.9 Å². The van der Waals surface area contributed by atoms with Crippen LogP contribution in [0.25, 0.3) is 0 Å². The summed E-state index contributed by atoms with van der Waals surface area (Å²) >= 11 is 0. The molecule has 2 heterocycles. The molecule has 5 heteroatoms. The van der Waals surface area contributed by atoms with Gasteiger partial charge >= 0.3 is 0 Å². The zero-order valence-corrected chi connectivity index (χ0v) is 14.4. The molecule has 0 atom stereocenters. The third kappa shape index (κ3) is 5.41. The number of nitrogens with zero attached hydrogens (tertiary/aromatic N) is 2. The Kier molecular flexibility index (Phi) is 6.15. The van der Waals surface area contributed by atoms with Crippen LogP contribution in [0.5, 0.6) is 0 Å². The average Bonchev–Trinajstić information content (AvgIpc) is 2.68. The van der Waals surface area contributed by atoms with Gasteiger partial charge in [-0.15, -0.1) is 0 Å². The van der Waals surface area contributed by atoms with Gasteiger partial charge in [-0.3, -0.25) is 14.8 Å². The highest BCUT2D eigenvalue weighted by atomic mass is 16.1. The van der Waals surface area contributed by atoms with Crippen molar-refractivity contribution in [3.8, 4) is 0 Å². The van der Waals surface area contributed by atoms with E-state index in [0.29, 0.717) is 18.8 Å². The summed E-state index contributed by atoms with van der Waals surface area (Å²) in [6.07, 6.45) is 13.4. The van der Waals surface area contributed by atoms with Crippen LogP contribution in [-0.4, -0.2) is 22.4 Å². The van der Waals surface area contributed by atoms with Crippen molar-refractivity contribution in [2.45, 2.75) is 38.6 Å². The highest BCUT2D eigenvalue weighted by Crippen LogP contribution is 2.19. The van der Waals surface area contributed by atoms with E-state index in [1.807, 2.05) is 24.4 Å². The first-order valence-corrected chi connectivity index (χ1v) is 8.86. The summed E-state index contributed by atoms with van der Waals surface area (Å²) in [4.78, 5) is 20.6. The molecule has 0 aromatic carbocycles. The second-order valence-electron chi connectivity index (χ2n) is 6.26. The molecule has 130 valence electrons. The summed E-state index contributed by atoms with van der Waals surface area (Å²) in [5.74, 6) is -0.124. The molecule has 0 radical (unpaired) electrons. The maximum absolute atomic E-state index is 12.3. The van der Waals surface area contributed by atoms with Gasteiger partial charge in [0, 0.05) is 37.4 Å². The second kappa shape index (κ2) is 8.97. The molecule has 3 rings (SSSR count). The number of anilines is 1. The first-order valence-electron chi connectivity index (χ1n) is 8.86. The van der Waals surface area contributed by atoms with Crippen molar-refractivity contribution in [3.63, 3.8) is 0 Å². The number of allylic oxidation sites excluding steroid dienone is 1. The van der Waals surface area contributed by atoms with E-state index in [0.717, 1.165) is 17.7 Å². The van der Waals surface area contributed by atoms with Crippen molar-refractivity contribution in [1.29, 1.82) is 0 Å². The van der Waals surface area contributed by atoms with Crippen LogP contribution in [-0.2, 0) is 6.54 Å². The third-order valence-corrected chi connectivity index (χ3v) is 4.33. The zero-order valence-electron chi connectivity index (χ0n) is 14.4. The molecule has 0 saturated heterocycles. The molecule has 1 amide bonds. The second-order valence-corrected chi connectivity index (χ2v) is 6.26. The maximum atomic E-state index is 12.3. The molecule has 2 aromatic heterocycles. The van der Waals surface area contributed by atoms with Crippen LogP contribution in [0.2, 0.25) is 0 Å². The number of hydrogen-bond acceptors (Lipinski definition) is 4. The van der Waals surface area contributed by atoms with Crippen LogP contribution < -0.4 is 10.6 Å². The lowest BCUT2D eigenvalue weighted by Gasteiger charge is -2.13. The lowest BCUT2D eigenvalue weighted by molar-refractivity contribution is 0.0949. The Labute approximate surface area is 148 Å². The SMILES string of the molecule is O=C(NCCC1=CCCCC1)c1cc(NCc2cccnc2)ccn1. The van der Waals surface area contributed by atoms with Gasteiger partial charge in [0.25, 0.3) is 5.91 Å². The highest BCUT2D eigenvalue weighted by Gasteiger charge is 2.09. The van der Waals surface area contributed by atoms with Crippen LogP contribution in [0.4, 0.5) is 5.69 Å². The molecule has 0 spiro atoms. The Bertz CT molecular complexity index is 727. The lowest BCUT2D eigenvalue weighted by atomic mass is 9.97. The molecular formula is C20H24N4O. The fourth-order valence-corrected chi connectivity index (χ4v) is 2.93. The Hall–Kier alpha value is -2.69. The summed E-state index contributed by atoms with van der Waals surface area (Å²) in [7, 11) is 0. The predicted octanol–water partition coefficient (Wildman–Crippen LogP) is 3.71. The first-order chi connectivity index (χ1) is 12.3. The Morgan fingerprint density at radius 1 is 1.20 bits per heavy atom. The smallest absolute Gasteiger partial charge is 0.269 e. The van der Waals surface area contributed by atoms with Crippen LogP contribution in [0.1, 0.15) is 48.2 Å². The maximum Gasteiger partial charge on any atom is 0.269 e. The Morgan fingerprint density at radius 2 is 2.16 bits per heavy atom. The van der Waals surface area contributed by atoms with Crippen LogP contribution >= 0.6 is 0 Å². The van der Waals surface area contributed by atoms with Crippen molar-refractivity contribution in [2.24, 2.45) is 0 Å². The summed E-state index contributed by atoms with van der Waals surface area (Å²) in [5.41, 5.74) is 3.87. The van der Waals surface area contributed by atoms with Gasteiger partial charge in [0.2, 0.25) is 0 Å². The number of hydrogen-bond donors (Lipinski definition) is 2. The van der Waals surface area contributed by atoms with E-state index in [9.17, 15) is 4.79 Å². The molecule has 2 aromatic rings. The van der Waals surface area contributed by atoms with Gasteiger partial charge in [0.05, 0.1) is 0 Å².